The van der Waals surface area contributed by atoms with Crippen LogP contribution in [0.1, 0.15) is 0 Å². The molecule has 6 heterocycles. The summed E-state index contributed by atoms with van der Waals surface area (Å²) in [5.41, 5.74) is 13.0. The minimum Gasteiger partial charge on any atom is -0.308 e. The Bertz CT molecular complexity index is 2590. The van der Waals surface area contributed by atoms with E-state index in [-0.39, 0.29) is 0 Å². The van der Waals surface area contributed by atoms with Crippen LogP contribution in [0.4, 0.5) is 0 Å². The summed E-state index contributed by atoms with van der Waals surface area (Å²) in [6.07, 6.45) is 5.65. The molecule has 10 aromatic rings. The zero-order valence-corrected chi connectivity index (χ0v) is 26.8. The zero-order valence-electron chi connectivity index (χ0n) is 26.8. The molecule has 0 unspecified atom stereocenters. The van der Waals surface area contributed by atoms with E-state index in [4.69, 9.17) is 15.0 Å². The van der Waals surface area contributed by atoms with E-state index in [1.807, 2.05) is 36.8 Å². The van der Waals surface area contributed by atoms with Crippen molar-refractivity contribution in [3.05, 3.63) is 170 Å². The van der Waals surface area contributed by atoms with Gasteiger partial charge in [-0.25, -0.2) is 9.97 Å². The Labute approximate surface area is 287 Å². The fourth-order valence-corrected chi connectivity index (χ4v) is 7.24. The molecule has 234 valence electrons. The van der Waals surface area contributed by atoms with Gasteiger partial charge in [0.05, 0.1) is 56.6 Å². The molecule has 0 atom stereocenters. The van der Waals surface area contributed by atoms with E-state index in [9.17, 15) is 0 Å². The van der Waals surface area contributed by atoms with Crippen molar-refractivity contribution in [1.82, 2.24) is 29.1 Å². The van der Waals surface area contributed by atoms with Crippen molar-refractivity contribution in [3.63, 3.8) is 0 Å². The molecule has 0 amide bonds. The highest BCUT2D eigenvalue weighted by Gasteiger charge is 2.15. The van der Waals surface area contributed by atoms with E-state index in [1.165, 1.54) is 10.8 Å². The van der Waals surface area contributed by atoms with Gasteiger partial charge in [0.25, 0.3) is 0 Å². The molecule has 0 saturated heterocycles. The molecule has 0 radical (unpaired) electrons. The minimum absolute atomic E-state index is 0.820. The van der Waals surface area contributed by atoms with E-state index >= 15 is 0 Å². The number of benzene rings is 4. The first kappa shape index (κ1) is 28.1. The van der Waals surface area contributed by atoms with Crippen LogP contribution in [-0.2, 0) is 0 Å². The molecular formula is C44H28N6. The van der Waals surface area contributed by atoms with Crippen LogP contribution in [-0.4, -0.2) is 29.1 Å². The number of hydrogen-bond donors (Lipinski definition) is 0. The number of hydrogen-bond acceptors (Lipinski definition) is 4. The lowest BCUT2D eigenvalue weighted by Gasteiger charge is -2.11. The highest BCUT2D eigenvalue weighted by atomic mass is 15.0. The van der Waals surface area contributed by atoms with Gasteiger partial charge in [0.15, 0.2) is 0 Å². The number of pyridine rings is 4. The predicted octanol–water partition coefficient (Wildman–Crippen LogP) is 10.5. The van der Waals surface area contributed by atoms with E-state index in [0.29, 0.717) is 0 Å². The standard InChI is InChI=1S/C44H28N6/c1-3-20-40-33(14-1)34-23-25-45-28-43(34)50(40)32-13-6-11-30(27-32)37-17-8-19-39(48-37)38-18-7-16-36(47-38)29-10-5-12-31(26-29)49-41-21-4-2-15-35(41)44-42(49)22-9-24-46-44/h1-28H. The van der Waals surface area contributed by atoms with Crippen molar-refractivity contribution >= 4 is 43.7 Å². The van der Waals surface area contributed by atoms with Crippen molar-refractivity contribution in [2.24, 2.45) is 0 Å². The fraction of sp³-hybridized carbons (Fsp3) is 0. The summed E-state index contributed by atoms with van der Waals surface area (Å²) < 4.78 is 4.56. The van der Waals surface area contributed by atoms with Crippen molar-refractivity contribution in [1.29, 1.82) is 0 Å². The molecule has 50 heavy (non-hydrogen) atoms. The molecular weight excluding hydrogens is 613 g/mol. The maximum atomic E-state index is 5.13. The van der Waals surface area contributed by atoms with Gasteiger partial charge >= 0.3 is 0 Å². The van der Waals surface area contributed by atoms with Gasteiger partial charge < -0.3 is 9.13 Å². The third-order valence-corrected chi connectivity index (χ3v) is 9.46. The normalized spacial score (nSPS) is 11.6. The second kappa shape index (κ2) is 11.4. The Morgan fingerprint density at radius 1 is 0.380 bits per heavy atom. The number of fused-ring (bicyclic) bond motifs is 6. The SMILES string of the molecule is c1cc(-c2cccc(-c3cccc(-c4cccc(-n5c6ccccc6c6ncccc65)c4)n3)n2)cc(-n2c3ccccc3c3ccncc32)c1. The van der Waals surface area contributed by atoms with Crippen molar-refractivity contribution < 1.29 is 0 Å². The summed E-state index contributed by atoms with van der Waals surface area (Å²) in [4.78, 5) is 19.4. The van der Waals surface area contributed by atoms with Crippen LogP contribution in [0.25, 0.3) is 89.0 Å². The average molecular weight is 641 g/mol. The molecule has 0 saturated carbocycles. The van der Waals surface area contributed by atoms with Crippen LogP contribution >= 0.6 is 0 Å². The summed E-state index contributed by atoms with van der Waals surface area (Å²) in [7, 11) is 0. The lowest BCUT2D eigenvalue weighted by atomic mass is 10.1. The third-order valence-electron chi connectivity index (χ3n) is 9.46. The van der Waals surface area contributed by atoms with Gasteiger partial charge in [-0.1, -0.05) is 72.8 Å². The quantitative estimate of drug-likeness (QED) is 0.188. The maximum Gasteiger partial charge on any atom is 0.0963 e. The first-order chi connectivity index (χ1) is 24.8. The second-order valence-electron chi connectivity index (χ2n) is 12.4. The van der Waals surface area contributed by atoms with Crippen LogP contribution in [0.5, 0.6) is 0 Å². The topological polar surface area (TPSA) is 61.4 Å². The Hall–Kier alpha value is -6.92. The average Bonchev–Trinajstić information content (AvgIpc) is 3.71. The van der Waals surface area contributed by atoms with Gasteiger partial charge in [-0.15, -0.1) is 0 Å². The summed E-state index contributed by atoms with van der Waals surface area (Å²) >= 11 is 0. The smallest absolute Gasteiger partial charge is 0.0963 e. The van der Waals surface area contributed by atoms with Gasteiger partial charge in [-0.2, -0.15) is 0 Å². The first-order valence-corrected chi connectivity index (χ1v) is 16.6. The van der Waals surface area contributed by atoms with Crippen LogP contribution < -0.4 is 0 Å². The van der Waals surface area contributed by atoms with Crippen molar-refractivity contribution in [2.45, 2.75) is 0 Å². The van der Waals surface area contributed by atoms with Gasteiger partial charge in [0.1, 0.15) is 0 Å². The van der Waals surface area contributed by atoms with Gasteiger partial charge in [0.2, 0.25) is 0 Å². The molecule has 0 fully saturated rings. The van der Waals surface area contributed by atoms with Gasteiger partial charge in [-0.05, 0) is 78.9 Å². The van der Waals surface area contributed by atoms with Gasteiger partial charge in [-0.3, -0.25) is 9.97 Å². The molecule has 6 nitrogen and oxygen atoms in total. The van der Waals surface area contributed by atoms with Crippen LogP contribution in [0.3, 0.4) is 0 Å². The highest BCUT2D eigenvalue weighted by Crippen LogP contribution is 2.34. The third kappa shape index (κ3) is 4.50. The molecule has 4 aromatic carbocycles. The number of para-hydroxylation sites is 2. The Balaban J connectivity index is 1.03. The predicted molar refractivity (Wildman–Crippen MR) is 203 cm³/mol. The second-order valence-corrected chi connectivity index (χ2v) is 12.4. The molecule has 0 aliphatic heterocycles. The molecule has 6 aromatic heterocycles. The molecule has 0 aliphatic rings. The number of aromatic nitrogens is 6. The summed E-state index contributed by atoms with van der Waals surface area (Å²) in [6.45, 7) is 0. The van der Waals surface area contributed by atoms with Crippen LogP contribution in [0.15, 0.2) is 170 Å². The van der Waals surface area contributed by atoms with E-state index in [1.54, 1.807) is 0 Å². The molecule has 10 rings (SSSR count). The molecule has 0 N–H and O–H groups in total. The van der Waals surface area contributed by atoms with E-state index in [2.05, 4.69) is 148 Å². The summed E-state index contributed by atoms with van der Waals surface area (Å²) in [6, 6.07) is 52.5. The van der Waals surface area contributed by atoms with Crippen LogP contribution in [0, 0.1) is 0 Å². The molecule has 0 spiro atoms. The van der Waals surface area contributed by atoms with Crippen molar-refractivity contribution in [2.75, 3.05) is 0 Å². The Morgan fingerprint density at radius 3 is 1.62 bits per heavy atom. The summed E-state index contributed by atoms with van der Waals surface area (Å²) in [5.74, 6) is 0. The van der Waals surface area contributed by atoms with Crippen LogP contribution in [0.2, 0.25) is 0 Å². The lowest BCUT2D eigenvalue weighted by Crippen LogP contribution is -1.96. The highest BCUT2D eigenvalue weighted by molar-refractivity contribution is 6.09. The minimum atomic E-state index is 0.820. The van der Waals surface area contributed by atoms with E-state index in [0.717, 1.165) is 78.2 Å². The summed E-state index contributed by atoms with van der Waals surface area (Å²) in [5, 5.41) is 3.53. The Kier molecular flexibility index (Phi) is 6.39. The van der Waals surface area contributed by atoms with Crippen molar-refractivity contribution in [3.8, 4) is 45.3 Å². The molecule has 6 heteroatoms. The fourth-order valence-electron chi connectivity index (χ4n) is 7.24. The van der Waals surface area contributed by atoms with E-state index < -0.39 is 0 Å². The molecule has 0 bridgehead atoms. The Morgan fingerprint density at radius 2 is 0.920 bits per heavy atom. The lowest BCUT2D eigenvalue weighted by molar-refractivity contribution is 1.16. The largest absolute Gasteiger partial charge is 0.308 e. The number of rotatable bonds is 5. The first-order valence-electron chi connectivity index (χ1n) is 16.6. The zero-order chi connectivity index (χ0) is 33.0. The maximum absolute atomic E-state index is 5.13. The molecule has 0 aliphatic carbocycles. The monoisotopic (exact) mass is 640 g/mol. The number of nitrogens with zero attached hydrogens (tertiary/aromatic N) is 6. The van der Waals surface area contributed by atoms with Gasteiger partial charge in [0, 0.05) is 51.1 Å².